The highest BCUT2D eigenvalue weighted by atomic mass is 16.3. The highest BCUT2D eigenvalue weighted by molar-refractivity contribution is 5.81. The monoisotopic (exact) mass is 281 g/mol. The van der Waals surface area contributed by atoms with E-state index in [0.29, 0.717) is 6.42 Å². The Hall–Kier alpha value is -2.13. The molecular weight excluding hydrogens is 262 g/mol. The number of benzene rings is 1. The van der Waals surface area contributed by atoms with E-state index in [4.69, 9.17) is 4.42 Å². The van der Waals surface area contributed by atoms with Crippen molar-refractivity contribution in [2.24, 2.45) is 0 Å². The molecule has 2 heterocycles. The molecule has 3 heteroatoms. The molecule has 0 fully saturated rings. The molecule has 0 saturated heterocycles. The van der Waals surface area contributed by atoms with Crippen LogP contribution in [0, 0.1) is 20.8 Å². The highest BCUT2D eigenvalue weighted by Gasteiger charge is 2.20. The van der Waals surface area contributed by atoms with Crippen LogP contribution in [-0.4, -0.2) is 10.1 Å². The summed E-state index contributed by atoms with van der Waals surface area (Å²) in [4.78, 5) is 4.36. The summed E-state index contributed by atoms with van der Waals surface area (Å²) >= 11 is 0. The Morgan fingerprint density at radius 2 is 1.86 bits per heavy atom. The maximum atomic E-state index is 10.6. The van der Waals surface area contributed by atoms with Gasteiger partial charge in [0.05, 0.1) is 11.6 Å². The molecule has 1 N–H and O–H groups in total. The third-order valence-electron chi connectivity index (χ3n) is 4.10. The van der Waals surface area contributed by atoms with Crippen molar-refractivity contribution in [2.45, 2.75) is 33.3 Å². The predicted octanol–water partition coefficient (Wildman–Crippen LogP) is 4.03. The van der Waals surface area contributed by atoms with E-state index in [1.54, 1.807) is 6.20 Å². The van der Waals surface area contributed by atoms with Crippen molar-refractivity contribution in [2.75, 3.05) is 0 Å². The zero-order valence-electron chi connectivity index (χ0n) is 12.6. The fraction of sp³-hybridized carbons (Fsp3) is 0.278. The summed E-state index contributed by atoms with van der Waals surface area (Å²) in [5.41, 5.74) is 4.01. The highest BCUT2D eigenvalue weighted by Crippen LogP contribution is 2.30. The van der Waals surface area contributed by atoms with Crippen LogP contribution in [0.4, 0.5) is 0 Å². The number of hydrogen-bond acceptors (Lipinski definition) is 3. The first-order valence-electron chi connectivity index (χ1n) is 7.15. The number of pyridine rings is 1. The lowest BCUT2D eigenvalue weighted by atomic mass is 9.96. The van der Waals surface area contributed by atoms with Gasteiger partial charge in [0.1, 0.15) is 11.5 Å². The molecule has 0 saturated carbocycles. The van der Waals surface area contributed by atoms with Crippen LogP contribution in [0.15, 0.2) is 40.9 Å². The molecule has 21 heavy (non-hydrogen) atoms. The molecule has 1 aromatic carbocycles. The van der Waals surface area contributed by atoms with E-state index in [2.05, 4.69) is 4.98 Å². The standard InChI is InChI=1S/C18H19NO2/c1-11-12(2)21-13(3)18(11)17(20)10-14-8-9-19-16-7-5-4-6-15(14)16/h4-9,17,20H,10H2,1-3H3. The first kappa shape index (κ1) is 13.8. The van der Waals surface area contributed by atoms with Crippen LogP contribution in [0.3, 0.4) is 0 Å². The SMILES string of the molecule is Cc1oc(C)c(C(O)Cc2ccnc3ccccc23)c1C. The molecular formula is C18H19NO2. The molecule has 0 spiro atoms. The number of nitrogens with zero attached hydrogens (tertiary/aromatic N) is 1. The Labute approximate surface area is 124 Å². The summed E-state index contributed by atoms with van der Waals surface area (Å²) in [5, 5.41) is 11.7. The molecule has 1 unspecified atom stereocenters. The molecule has 0 aliphatic carbocycles. The summed E-state index contributed by atoms with van der Waals surface area (Å²) in [7, 11) is 0. The van der Waals surface area contributed by atoms with Crippen molar-refractivity contribution in [1.29, 1.82) is 0 Å². The first-order valence-corrected chi connectivity index (χ1v) is 7.15. The van der Waals surface area contributed by atoms with Crippen LogP contribution in [0.2, 0.25) is 0 Å². The molecule has 108 valence electrons. The first-order chi connectivity index (χ1) is 10.1. The Morgan fingerprint density at radius 1 is 1.10 bits per heavy atom. The van der Waals surface area contributed by atoms with Crippen LogP contribution in [-0.2, 0) is 6.42 Å². The van der Waals surface area contributed by atoms with Gasteiger partial charge in [-0.2, -0.15) is 0 Å². The van der Waals surface area contributed by atoms with Gasteiger partial charge in [0, 0.05) is 23.6 Å². The average Bonchev–Trinajstić information content (AvgIpc) is 2.72. The largest absolute Gasteiger partial charge is 0.466 e. The smallest absolute Gasteiger partial charge is 0.107 e. The van der Waals surface area contributed by atoms with Crippen LogP contribution >= 0.6 is 0 Å². The van der Waals surface area contributed by atoms with E-state index < -0.39 is 6.10 Å². The lowest BCUT2D eigenvalue weighted by molar-refractivity contribution is 0.176. The molecule has 0 radical (unpaired) electrons. The lowest BCUT2D eigenvalue weighted by Crippen LogP contribution is -2.04. The van der Waals surface area contributed by atoms with E-state index in [1.807, 2.05) is 51.1 Å². The molecule has 0 aliphatic heterocycles. The number of fused-ring (bicyclic) bond motifs is 1. The molecule has 3 nitrogen and oxygen atoms in total. The quantitative estimate of drug-likeness (QED) is 0.788. The normalized spacial score (nSPS) is 12.8. The van der Waals surface area contributed by atoms with E-state index >= 15 is 0 Å². The lowest BCUT2D eigenvalue weighted by Gasteiger charge is -2.13. The molecule has 0 aliphatic rings. The number of rotatable bonds is 3. The van der Waals surface area contributed by atoms with Gasteiger partial charge in [-0.3, -0.25) is 4.98 Å². The maximum Gasteiger partial charge on any atom is 0.107 e. The number of hydrogen-bond donors (Lipinski definition) is 1. The van der Waals surface area contributed by atoms with E-state index in [-0.39, 0.29) is 0 Å². The summed E-state index contributed by atoms with van der Waals surface area (Å²) in [6, 6.07) is 9.99. The minimum atomic E-state index is -0.562. The van der Waals surface area contributed by atoms with E-state index in [9.17, 15) is 5.11 Å². The van der Waals surface area contributed by atoms with Crippen molar-refractivity contribution < 1.29 is 9.52 Å². The summed E-state index contributed by atoms with van der Waals surface area (Å²) in [6.45, 7) is 5.83. The number of aryl methyl sites for hydroxylation is 2. The van der Waals surface area contributed by atoms with Gasteiger partial charge < -0.3 is 9.52 Å². The summed E-state index contributed by atoms with van der Waals surface area (Å²) in [6.07, 6.45) is 1.79. The molecule has 3 rings (SSSR count). The van der Waals surface area contributed by atoms with Gasteiger partial charge >= 0.3 is 0 Å². The van der Waals surface area contributed by atoms with Crippen molar-refractivity contribution >= 4 is 10.9 Å². The minimum absolute atomic E-state index is 0.559. The Balaban J connectivity index is 1.98. The number of para-hydroxylation sites is 1. The minimum Gasteiger partial charge on any atom is -0.466 e. The number of furan rings is 1. The maximum absolute atomic E-state index is 10.6. The second-order valence-electron chi connectivity index (χ2n) is 5.46. The van der Waals surface area contributed by atoms with Crippen LogP contribution in [0.25, 0.3) is 10.9 Å². The van der Waals surface area contributed by atoms with Crippen molar-refractivity contribution in [3.63, 3.8) is 0 Å². The molecule has 0 amide bonds. The van der Waals surface area contributed by atoms with Gasteiger partial charge in [0.15, 0.2) is 0 Å². The second-order valence-corrected chi connectivity index (χ2v) is 5.46. The fourth-order valence-electron chi connectivity index (χ4n) is 2.94. The van der Waals surface area contributed by atoms with Crippen LogP contribution in [0.1, 0.15) is 34.3 Å². The van der Waals surface area contributed by atoms with Gasteiger partial charge in [-0.25, -0.2) is 0 Å². The van der Waals surface area contributed by atoms with Crippen LogP contribution in [0.5, 0.6) is 0 Å². The molecule has 1 atom stereocenters. The van der Waals surface area contributed by atoms with Crippen LogP contribution < -0.4 is 0 Å². The predicted molar refractivity (Wildman–Crippen MR) is 83.3 cm³/mol. The number of aromatic nitrogens is 1. The summed E-state index contributed by atoms with van der Waals surface area (Å²) < 4.78 is 5.62. The van der Waals surface area contributed by atoms with Gasteiger partial charge in [-0.05, 0) is 44.0 Å². The van der Waals surface area contributed by atoms with Gasteiger partial charge in [0.25, 0.3) is 0 Å². The van der Waals surface area contributed by atoms with Crippen molar-refractivity contribution in [3.8, 4) is 0 Å². The van der Waals surface area contributed by atoms with Gasteiger partial charge in [0.2, 0.25) is 0 Å². The molecule has 0 bridgehead atoms. The Bertz CT molecular complexity index is 784. The summed E-state index contributed by atoms with van der Waals surface area (Å²) in [5.74, 6) is 1.68. The number of aliphatic hydroxyl groups excluding tert-OH is 1. The van der Waals surface area contributed by atoms with Crippen molar-refractivity contribution in [1.82, 2.24) is 4.98 Å². The topological polar surface area (TPSA) is 46.3 Å². The average molecular weight is 281 g/mol. The number of aliphatic hydroxyl groups is 1. The van der Waals surface area contributed by atoms with E-state index in [0.717, 1.165) is 39.1 Å². The second kappa shape index (κ2) is 5.34. The third kappa shape index (κ3) is 2.45. The zero-order valence-corrected chi connectivity index (χ0v) is 12.6. The third-order valence-corrected chi connectivity index (χ3v) is 4.10. The zero-order chi connectivity index (χ0) is 15.0. The Kier molecular flexibility index (Phi) is 3.52. The van der Waals surface area contributed by atoms with Crippen molar-refractivity contribution in [3.05, 3.63) is 64.7 Å². The Morgan fingerprint density at radius 3 is 2.57 bits per heavy atom. The molecule has 2 aromatic heterocycles. The van der Waals surface area contributed by atoms with Gasteiger partial charge in [-0.1, -0.05) is 18.2 Å². The van der Waals surface area contributed by atoms with E-state index in [1.165, 1.54) is 0 Å². The molecule has 3 aromatic rings. The fourth-order valence-corrected chi connectivity index (χ4v) is 2.94. The van der Waals surface area contributed by atoms with Gasteiger partial charge in [-0.15, -0.1) is 0 Å².